The Morgan fingerprint density at radius 1 is 1.10 bits per heavy atom. The van der Waals surface area contributed by atoms with Crippen LogP contribution in [-0.4, -0.2) is 12.2 Å². The number of aromatic hydroxyl groups is 1. The van der Waals surface area contributed by atoms with Crippen molar-refractivity contribution in [3.63, 3.8) is 0 Å². The van der Waals surface area contributed by atoms with E-state index < -0.39 is 0 Å². The largest absolute Gasteiger partial charge is 1.00 e. The molecule has 0 unspecified atom stereocenters. The molecule has 0 amide bonds. The Bertz CT molecular complexity index is 544. The van der Waals surface area contributed by atoms with Gasteiger partial charge in [-0.2, -0.15) is 0 Å². The Hall–Kier alpha value is -1.42. The van der Waals surface area contributed by atoms with Crippen molar-refractivity contribution >= 4 is 11.6 Å². The minimum Gasteiger partial charge on any atom is -1.00 e. The molecule has 0 fully saturated rings. The van der Waals surface area contributed by atoms with Crippen molar-refractivity contribution in [3.8, 4) is 11.5 Å². The molecular formula is C15H16Cl2NO2-. The van der Waals surface area contributed by atoms with Crippen LogP contribution in [-0.2, 0) is 13.1 Å². The van der Waals surface area contributed by atoms with Gasteiger partial charge in [0.25, 0.3) is 0 Å². The summed E-state index contributed by atoms with van der Waals surface area (Å²) >= 11 is 5.89. The van der Waals surface area contributed by atoms with Crippen molar-refractivity contribution in [1.29, 1.82) is 0 Å². The monoisotopic (exact) mass is 312 g/mol. The zero-order valence-electron chi connectivity index (χ0n) is 11.1. The summed E-state index contributed by atoms with van der Waals surface area (Å²) in [5.74, 6) is 1.10. The Kier molecular flexibility index (Phi) is 6.65. The third-order valence-corrected chi connectivity index (χ3v) is 3.08. The van der Waals surface area contributed by atoms with E-state index in [2.05, 4.69) is 5.32 Å². The number of phenolic OH excluding ortho intramolecular Hbond substituents is 1. The van der Waals surface area contributed by atoms with Gasteiger partial charge in [0.05, 0.1) is 7.11 Å². The fraction of sp³-hybridized carbons (Fsp3) is 0.200. The first-order valence-corrected chi connectivity index (χ1v) is 6.38. The highest BCUT2D eigenvalue weighted by Gasteiger charge is 2.02. The molecule has 0 aliphatic rings. The first kappa shape index (κ1) is 16.6. The molecular weight excluding hydrogens is 297 g/mol. The molecule has 0 atom stereocenters. The van der Waals surface area contributed by atoms with Crippen LogP contribution in [0.25, 0.3) is 0 Å². The maximum absolute atomic E-state index is 9.69. The summed E-state index contributed by atoms with van der Waals surface area (Å²) in [5.41, 5.74) is 1.95. The van der Waals surface area contributed by atoms with Crippen LogP contribution in [0, 0.1) is 0 Å². The molecule has 108 valence electrons. The summed E-state index contributed by atoms with van der Waals surface area (Å²) in [5, 5.41) is 13.6. The van der Waals surface area contributed by atoms with Crippen LogP contribution in [0.3, 0.4) is 0 Å². The lowest BCUT2D eigenvalue weighted by atomic mass is 10.2. The molecule has 0 saturated carbocycles. The van der Waals surface area contributed by atoms with E-state index in [1.807, 2.05) is 24.3 Å². The van der Waals surface area contributed by atoms with Gasteiger partial charge in [0, 0.05) is 23.7 Å². The second-order valence-corrected chi connectivity index (χ2v) is 4.66. The van der Waals surface area contributed by atoms with Crippen LogP contribution >= 0.6 is 11.6 Å². The molecule has 2 aromatic rings. The highest BCUT2D eigenvalue weighted by molar-refractivity contribution is 6.30. The zero-order chi connectivity index (χ0) is 13.7. The van der Waals surface area contributed by atoms with Crippen LogP contribution < -0.4 is 22.5 Å². The van der Waals surface area contributed by atoms with E-state index >= 15 is 0 Å². The van der Waals surface area contributed by atoms with Gasteiger partial charge in [-0.1, -0.05) is 23.7 Å². The van der Waals surface area contributed by atoms with E-state index in [1.165, 1.54) is 0 Å². The number of nitrogens with one attached hydrogen (secondary N) is 1. The summed E-state index contributed by atoms with van der Waals surface area (Å²) in [6.45, 7) is 1.29. The molecule has 0 heterocycles. The lowest BCUT2D eigenvalue weighted by Crippen LogP contribution is -3.00. The maximum Gasteiger partial charge on any atom is 0.120 e. The number of ether oxygens (including phenoxy) is 1. The zero-order valence-corrected chi connectivity index (χ0v) is 12.6. The number of halogens is 2. The highest BCUT2D eigenvalue weighted by Crippen LogP contribution is 2.21. The Balaban J connectivity index is 0.00000200. The lowest BCUT2D eigenvalue weighted by molar-refractivity contribution is -0.00000510. The SMILES string of the molecule is COc1ccc(CNCc2cc(Cl)ccc2O)cc1.[Cl-]. The molecule has 0 aromatic heterocycles. The Morgan fingerprint density at radius 3 is 2.45 bits per heavy atom. The summed E-state index contributed by atoms with van der Waals surface area (Å²) in [4.78, 5) is 0. The van der Waals surface area contributed by atoms with Gasteiger partial charge >= 0.3 is 0 Å². The van der Waals surface area contributed by atoms with E-state index in [1.54, 1.807) is 25.3 Å². The van der Waals surface area contributed by atoms with Crippen molar-refractivity contribution in [2.75, 3.05) is 7.11 Å². The Labute approximate surface area is 129 Å². The minimum absolute atomic E-state index is 0. The van der Waals surface area contributed by atoms with E-state index in [4.69, 9.17) is 16.3 Å². The normalized spacial score (nSPS) is 9.90. The molecule has 0 spiro atoms. The Morgan fingerprint density at radius 2 is 1.80 bits per heavy atom. The van der Waals surface area contributed by atoms with Gasteiger partial charge in [-0.3, -0.25) is 0 Å². The summed E-state index contributed by atoms with van der Waals surface area (Å²) in [6.07, 6.45) is 0. The molecule has 0 saturated heterocycles. The van der Waals surface area contributed by atoms with Crippen LogP contribution in [0.2, 0.25) is 5.02 Å². The smallest absolute Gasteiger partial charge is 0.120 e. The molecule has 2 rings (SSSR count). The second-order valence-electron chi connectivity index (χ2n) is 4.22. The fourth-order valence-electron chi connectivity index (χ4n) is 1.78. The van der Waals surface area contributed by atoms with Crippen molar-refractivity contribution < 1.29 is 22.3 Å². The van der Waals surface area contributed by atoms with Gasteiger partial charge in [0.2, 0.25) is 0 Å². The molecule has 0 aliphatic carbocycles. The van der Waals surface area contributed by atoms with Gasteiger partial charge in [-0.05, 0) is 35.9 Å². The third-order valence-electron chi connectivity index (χ3n) is 2.85. The molecule has 0 aliphatic heterocycles. The predicted octanol–water partition coefficient (Wildman–Crippen LogP) is 0.348. The average molecular weight is 313 g/mol. The number of hydrogen-bond acceptors (Lipinski definition) is 3. The van der Waals surface area contributed by atoms with Gasteiger partial charge in [-0.15, -0.1) is 0 Å². The number of phenols is 1. The molecule has 0 radical (unpaired) electrons. The molecule has 3 nitrogen and oxygen atoms in total. The summed E-state index contributed by atoms with van der Waals surface area (Å²) in [7, 11) is 1.65. The number of methoxy groups -OCH3 is 1. The lowest BCUT2D eigenvalue weighted by Gasteiger charge is -2.08. The van der Waals surface area contributed by atoms with Crippen LogP contribution in [0.5, 0.6) is 11.5 Å². The first-order chi connectivity index (χ1) is 9.19. The number of hydrogen-bond donors (Lipinski definition) is 2. The fourth-order valence-corrected chi connectivity index (χ4v) is 1.98. The number of rotatable bonds is 5. The van der Waals surface area contributed by atoms with Crippen molar-refractivity contribution in [3.05, 3.63) is 58.6 Å². The van der Waals surface area contributed by atoms with E-state index in [0.717, 1.165) is 23.4 Å². The maximum atomic E-state index is 9.69. The van der Waals surface area contributed by atoms with Crippen LogP contribution in [0.4, 0.5) is 0 Å². The van der Waals surface area contributed by atoms with Gasteiger partial charge in [0.15, 0.2) is 0 Å². The van der Waals surface area contributed by atoms with Crippen molar-refractivity contribution in [1.82, 2.24) is 5.32 Å². The standard InChI is InChI=1S/C15H16ClNO2.ClH/c1-19-14-5-2-11(3-6-14)9-17-10-12-8-13(16)4-7-15(12)18;/h2-8,17-18H,9-10H2,1H3;1H/p-1. The molecule has 0 bridgehead atoms. The average Bonchev–Trinajstić information content (AvgIpc) is 2.43. The van der Waals surface area contributed by atoms with Gasteiger partial charge in [0.1, 0.15) is 11.5 Å². The predicted molar refractivity (Wildman–Crippen MR) is 76.7 cm³/mol. The topological polar surface area (TPSA) is 41.5 Å². The number of benzene rings is 2. The van der Waals surface area contributed by atoms with Crippen molar-refractivity contribution in [2.24, 2.45) is 0 Å². The van der Waals surface area contributed by atoms with E-state index in [0.29, 0.717) is 11.6 Å². The minimum atomic E-state index is 0. The van der Waals surface area contributed by atoms with Crippen molar-refractivity contribution in [2.45, 2.75) is 13.1 Å². The van der Waals surface area contributed by atoms with E-state index in [-0.39, 0.29) is 18.2 Å². The van der Waals surface area contributed by atoms with E-state index in [9.17, 15) is 5.11 Å². The third kappa shape index (κ3) is 4.60. The summed E-state index contributed by atoms with van der Waals surface area (Å²) in [6, 6.07) is 12.9. The van der Waals surface area contributed by atoms with Gasteiger partial charge in [-0.25, -0.2) is 0 Å². The van der Waals surface area contributed by atoms with Gasteiger partial charge < -0.3 is 27.6 Å². The first-order valence-electron chi connectivity index (χ1n) is 6.00. The molecule has 2 aromatic carbocycles. The molecule has 20 heavy (non-hydrogen) atoms. The summed E-state index contributed by atoms with van der Waals surface area (Å²) < 4.78 is 5.10. The van der Waals surface area contributed by atoms with Crippen LogP contribution in [0.15, 0.2) is 42.5 Å². The van der Waals surface area contributed by atoms with Crippen LogP contribution in [0.1, 0.15) is 11.1 Å². The molecule has 5 heteroatoms. The highest BCUT2D eigenvalue weighted by atomic mass is 35.5. The molecule has 2 N–H and O–H groups in total. The second kappa shape index (κ2) is 8.00. The quantitative estimate of drug-likeness (QED) is 0.837.